The summed E-state index contributed by atoms with van der Waals surface area (Å²) in [5, 5.41) is 1.23. The Bertz CT molecular complexity index is 1050. The Morgan fingerprint density at radius 1 is 1.28 bits per heavy atom. The number of hydrogen-bond acceptors (Lipinski definition) is 3. The molecule has 0 fully saturated rings. The van der Waals surface area contributed by atoms with Crippen molar-refractivity contribution < 1.29 is 4.79 Å². The van der Waals surface area contributed by atoms with E-state index in [0.717, 1.165) is 10.0 Å². The third-order valence-corrected chi connectivity index (χ3v) is 5.89. The number of fused-ring (bicyclic) bond motifs is 1. The van der Waals surface area contributed by atoms with Crippen LogP contribution in [0.15, 0.2) is 50.7 Å². The predicted octanol–water partition coefficient (Wildman–Crippen LogP) is 5.75. The number of thioether (sulfide) groups is 1. The number of halogens is 2. The number of nitrogens with one attached hydrogen (secondary N) is 1. The number of carbonyl (C=O) groups excluding carboxylic acids is 1. The van der Waals surface area contributed by atoms with E-state index in [1.807, 2.05) is 25.1 Å². The van der Waals surface area contributed by atoms with Crippen LogP contribution >= 0.6 is 39.3 Å². The Labute approximate surface area is 162 Å². The Hall–Kier alpha value is -1.56. The van der Waals surface area contributed by atoms with Crippen LogP contribution in [0.2, 0.25) is 5.02 Å². The summed E-state index contributed by atoms with van der Waals surface area (Å²) in [5.41, 5.74) is 2.73. The van der Waals surface area contributed by atoms with Gasteiger partial charge in [0.25, 0.3) is 0 Å². The maximum Gasteiger partial charge on any atom is 0.202 e. The lowest BCUT2D eigenvalue weighted by atomic mass is 10.1. The van der Waals surface area contributed by atoms with Gasteiger partial charge in [-0.1, -0.05) is 41.4 Å². The van der Waals surface area contributed by atoms with Crippen molar-refractivity contribution in [2.45, 2.75) is 24.6 Å². The van der Waals surface area contributed by atoms with Crippen LogP contribution in [0.1, 0.15) is 28.4 Å². The van der Waals surface area contributed by atoms with Gasteiger partial charge in [-0.2, -0.15) is 0 Å². The minimum absolute atomic E-state index is 0.158. The van der Waals surface area contributed by atoms with E-state index < -0.39 is 0 Å². The van der Waals surface area contributed by atoms with Gasteiger partial charge in [0.05, 0.1) is 26.5 Å². The average molecular weight is 437 g/mol. The van der Waals surface area contributed by atoms with Gasteiger partial charge in [0, 0.05) is 10.2 Å². The largest absolute Gasteiger partial charge is 0.348 e. The van der Waals surface area contributed by atoms with Gasteiger partial charge in [-0.25, -0.2) is 0 Å². The lowest BCUT2D eigenvalue weighted by Crippen LogP contribution is -2.17. The van der Waals surface area contributed by atoms with Crippen molar-refractivity contribution >= 4 is 56.0 Å². The van der Waals surface area contributed by atoms with E-state index in [0.29, 0.717) is 26.7 Å². The van der Waals surface area contributed by atoms with E-state index in [1.54, 1.807) is 12.1 Å². The molecule has 6 heteroatoms. The van der Waals surface area contributed by atoms with E-state index in [-0.39, 0.29) is 16.8 Å². The van der Waals surface area contributed by atoms with Gasteiger partial charge >= 0.3 is 0 Å². The van der Waals surface area contributed by atoms with Crippen molar-refractivity contribution in [1.29, 1.82) is 0 Å². The number of hydrogen-bond donors (Lipinski definition) is 1. The summed E-state index contributed by atoms with van der Waals surface area (Å²) < 4.78 is 0.733. The Morgan fingerprint density at radius 3 is 2.72 bits per heavy atom. The SMILES string of the molecule is CC(=O)c1c(SCc2cccc(C)c2)[nH]c2c(Br)ccc(Cl)c2c1=O. The molecule has 0 atom stereocenters. The fourth-order valence-corrected chi connectivity index (χ4v) is 4.40. The van der Waals surface area contributed by atoms with Crippen molar-refractivity contribution in [3.63, 3.8) is 0 Å². The van der Waals surface area contributed by atoms with Crippen LogP contribution in [0.5, 0.6) is 0 Å². The van der Waals surface area contributed by atoms with Gasteiger partial charge in [0.1, 0.15) is 0 Å². The highest BCUT2D eigenvalue weighted by Crippen LogP contribution is 2.31. The van der Waals surface area contributed by atoms with Crippen molar-refractivity contribution in [1.82, 2.24) is 4.98 Å². The molecule has 1 N–H and O–H groups in total. The van der Waals surface area contributed by atoms with Crippen LogP contribution in [0.3, 0.4) is 0 Å². The molecule has 0 amide bonds. The van der Waals surface area contributed by atoms with Gasteiger partial charge in [0.2, 0.25) is 5.43 Å². The monoisotopic (exact) mass is 435 g/mol. The molecule has 0 aliphatic carbocycles. The number of ketones is 1. The molecule has 1 heterocycles. The first-order valence-corrected chi connectivity index (χ1v) is 9.77. The van der Waals surface area contributed by atoms with Crippen LogP contribution in [0.25, 0.3) is 10.9 Å². The molecular weight excluding hydrogens is 422 g/mol. The molecule has 0 radical (unpaired) electrons. The Morgan fingerprint density at radius 2 is 2.04 bits per heavy atom. The van der Waals surface area contributed by atoms with Crippen LogP contribution in [0, 0.1) is 6.92 Å². The third-order valence-electron chi connectivity index (χ3n) is 3.84. The van der Waals surface area contributed by atoms with Crippen LogP contribution in [0.4, 0.5) is 0 Å². The zero-order chi connectivity index (χ0) is 18.1. The standard InChI is InChI=1S/C19H15BrClNO2S/c1-10-4-3-5-12(8-10)9-25-19-15(11(2)23)18(24)16-14(21)7-6-13(20)17(16)22-19/h3-8H,9H2,1-2H3,(H,22,24). The maximum absolute atomic E-state index is 12.9. The molecular formula is C19H15BrClNO2S. The molecule has 1 aromatic heterocycles. The van der Waals surface area contributed by atoms with E-state index in [1.165, 1.54) is 24.2 Å². The molecule has 128 valence electrons. The van der Waals surface area contributed by atoms with E-state index in [2.05, 4.69) is 27.0 Å². The quantitative estimate of drug-likeness (QED) is 0.418. The van der Waals surface area contributed by atoms with E-state index in [9.17, 15) is 9.59 Å². The molecule has 0 aliphatic heterocycles. The molecule has 25 heavy (non-hydrogen) atoms. The van der Waals surface area contributed by atoms with Gasteiger partial charge in [-0.05, 0) is 47.5 Å². The summed E-state index contributed by atoms with van der Waals surface area (Å²) in [6.07, 6.45) is 0. The van der Waals surface area contributed by atoms with Gasteiger partial charge in [0.15, 0.2) is 5.78 Å². The number of Topliss-reactive ketones (excluding diaryl/α,β-unsaturated/α-hetero) is 1. The lowest BCUT2D eigenvalue weighted by Gasteiger charge is -2.11. The normalized spacial score (nSPS) is 11.0. The summed E-state index contributed by atoms with van der Waals surface area (Å²) in [5.74, 6) is 0.382. The lowest BCUT2D eigenvalue weighted by molar-refractivity contribution is 0.101. The topological polar surface area (TPSA) is 49.9 Å². The second-order valence-corrected chi connectivity index (χ2v) is 8.02. The average Bonchev–Trinajstić information content (AvgIpc) is 2.55. The van der Waals surface area contributed by atoms with Crippen LogP contribution in [-0.4, -0.2) is 10.8 Å². The molecule has 2 aromatic carbocycles. The smallest absolute Gasteiger partial charge is 0.202 e. The fourth-order valence-electron chi connectivity index (χ4n) is 2.69. The highest BCUT2D eigenvalue weighted by molar-refractivity contribution is 9.10. The number of rotatable bonds is 4. The van der Waals surface area contributed by atoms with Gasteiger partial charge in [-0.3, -0.25) is 9.59 Å². The predicted molar refractivity (Wildman–Crippen MR) is 108 cm³/mol. The highest BCUT2D eigenvalue weighted by atomic mass is 79.9. The molecule has 0 saturated heterocycles. The number of H-pyrrole nitrogens is 1. The number of aromatic amines is 1. The molecule has 0 bridgehead atoms. The first kappa shape index (κ1) is 18.2. The summed E-state index contributed by atoms with van der Waals surface area (Å²) in [7, 11) is 0. The number of aromatic nitrogens is 1. The molecule has 0 aliphatic rings. The maximum atomic E-state index is 12.9. The molecule has 0 saturated carbocycles. The highest BCUT2D eigenvalue weighted by Gasteiger charge is 2.19. The molecule has 3 rings (SSSR count). The van der Waals surface area contributed by atoms with Crippen LogP contribution < -0.4 is 5.43 Å². The summed E-state index contributed by atoms with van der Waals surface area (Å²) in [6.45, 7) is 3.44. The van der Waals surface area contributed by atoms with Crippen molar-refractivity contribution in [3.05, 3.63) is 72.8 Å². The molecule has 3 aromatic rings. The second-order valence-electron chi connectivity index (χ2n) is 5.77. The zero-order valence-corrected chi connectivity index (χ0v) is 16.8. The van der Waals surface area contributed by atoms with Crippen molar-refractivity contribution in [2.75, 3.05) is 0 Å². The molecule has 0 spiro atoms. The Balaban J connectivity index is 2.13. The Kier molecular flexibility index (Phi) is 5.37. The number of carbonyl (C=O) groups is 1. The second kappa shape index (κ2) is 7.36. The number of benzene rings is 2. The molecule has 3 nitrogen and oxygen atoms in total. The van der Waals surface area contributed by atoms with Crippen LogP contribution in [-0.2, 0) is 5.75 Å². The zero-order valence-electron chi connectivity index (χ0n) is 13.7. The number of aryl methyl sites for hydroxylation is 1. The number of pyridine rings is 1. The fraction of sp³-hybridized carbons (Fsp3) is 0.158. The van der Waals surface area contributed by atoms with Crippen molar-refractivity contribution in [2.24, 2.45) is 0 Å². The summed E-state index contributed by atoms with van der Waals surface area (Å²) in [4.78, 5) is 28.2. The minimum Gasteiger partial charge on any atom is -0.348 e. The third kappa shape index (κ3) is 3.68. The van der Waals surface area contributed by atoms with Gasteiger partial charge in [-0.15, -0.1) is 11.8 Å². The first-order valence-electron chi connectivity index (χ1n) is 7.61. The molecule has 0 unspecified atom stereocenters. The minimum atomic E-state index is -0.334. The van der Waals surface area contributed by atoms with E-state index >= 15 is 0 Å². The van der Waals surface area contributed by atoms with Crippen molar-refractivity contribution in [3.8, 4) is 0 Å². The van der Waals surface area contributed by atoms with Gasteiger partial charge < -0.3 is 4.98 Å². The summed E-state index contributed by atoms with van der Waals surface area (Å²) in [6, 6.07) is 11.6. The van der Waals surface area contributed by atoms with E-state index in [4.69, 9.17) is 11.6 Å². The first-order chi connectivity index (χ1) is 11.9. The summed E-state index contributed by atoms with van der Waals surface area (Å²) >= 11 is 11.1.